The molecule has 0 fully saturated rings. The molecule has 0 saturated heterocycles. The highest BCUT2D eigenvalue weighted by atomic mass is 79.9. The monoisotopic (exact) mass is 589 g/mol. The quantitative estimate of drug-likeness (QED) is 0.139. The topological polar surface area (TPSA) is 105 Å². The lowest BCUT2D eigenvalue weighted by molar-refractivity contribution is -0.384. The molecule has 33 heavy (non-hydrogen) atoms. The van der Waals surface area contributed by atoms with Crippen LogP contribution < -0.4 is 10.1 Å². The predicted octanol–water partition coefficient (Wildman–Crippen LogP) is 6.90. The number of nitro benzene ring substituents is 1. The lowest BCUT2D eigenvalue weighted by atomic mass is 10.1. The van der Waals surface area contributed by atoms with E-state index in [2.05, 4.69) is 37.2 Å². The number of nitriles is 1. The Bertz CT molecular complexity index is 1260. The van der Waals surface area contributed by atoms with Gasteiger partial charge in [0.1, 0.15) is 18.2 Å². The van der Waals surface area contributed by atoms with Crippen molar-refractivity contribution in [2.75, 3.05) is 5.32 Å². The van der Waals surface area contributed by atoms with Gasteiger partial charge in [-0.3, -0.25) is 14.9 Å². The normalized spacial score (nSPS) is 10.9. The summed E-state index contributed by atoms with van der Waals surface area (Å²) < 4.78 is 7.34. The van der Waals surface area contributed by atoms with Crippen molar-refractivity contribution in [1.82, 2.24) is 0 Å². The second kappa shape index (κ2) is 11.1. The summed E-state index contributed by atoms with van der Waals surface area (Å²) in [7, 11) is 0. The van der Waals surface area contributed by atoms with E-state index in [0.29, 0.717) is 27.4 Å². The fourth-order valence-electron chi connectivity index (χ4n) is 2.75. The van der Waals surface area contributed by atoms with Gasteiger partial charge in [0.05, 0.1) is 14.4 Å². The third-order valence-corrected chi connectivity index (χ3v) is 5.71. The SMILES string of the molecule is N#C/C(=C\c1cc(Cl)c(OCc2ccc(Br)cc2)c(Br)c1)C(=O)Nc1cccc([N+](=O)[O-])c1. The van der Waals surface area contributed by atoms with E-state index >= 15 is 0 Å². The molecular formula is C23H14Br2ClN3O4. The smallest absolute Gasteiger partial charge is 0.271 e. The molecule has 0 bridgehead atoms. The molecule has 0 atom stereocenters. The van der Waals surface area contributed by atoms with E-state index in [-0.39, 0.29) is 16.9 Å². The number of benzene rings is 3. The largest absolute Gasteiger partial charge is 0.486 e. The highest BCUT2D eigenvalue weighted by Crippen LogP contribution is 2.36. The van der Waals surface area contributed by atoms with Crippen LogP contribution in [0.4, 0.5) is 11.4 Å². The molecule has 7 nitrogen and oxygen atoms in total. The van der Waals surface area contributed by atoms with Crippen LogP contribution in [0.2, 0.25) is 5.02 Å². The van der Waals surface area contributed by atoms with Gasteiger partial charge in [0, 0.05) is 22.3 Å². The zero-order valence-corrected chi connectivity index (χ0v) is 20.6. The Balaban J connectivity index is 1.77. The summed E-state index contributed by atoms with van der Waals surface area (Å²) in [6.45, 7) is 0.301. The molecule has 3 aromatic carbocycles. The van der Waals surface area contributed by atoms with Gasteiger partial charge in [-0.15, -0.1) is 0 Å². The maximum absolute atomic E-state index is 12.5. The Morgan fingerprint density at radius 3 is 2.55 bits per heavy atom. The standard InChI is InChI=1S/C23H14Br2ClN3O4/c24-17-6-4-14(5-7-17)13-33-22-20(25)9-15(10-21(22)26)8-16(12-27)23(30)28-18-2-1-3-19(11-18)29(31)32/h1-11H,13H2,(H,28,30)/b16-8+. The Hall–Kier alpha value is -3.19. The second-order valence-corrected chi connectivity index (χ2v) is 8.84. The predicted molar refractivity (Wildman–Crippen MR) is 133 cm³/mol. The van der Waals surface area contributed by atoms with Crippen LogP contribution in [0, 0.1) is 21.4 Å². The van der Waals surface area contributed by atoms with Crippen LogP contribution in [0.5, 0.6) is 5.75 Å². The molecule has 0 saturated carbocycles. The zero-order valence-electron chi connectivity index (χ0n) is 16.7. The number of amides is 1. The molecule has 0 aliphatic heterocycles. The molecule has 1 N–H and O–H groups in total. The van der Waals surface area contributed by atoms with E-state index in [9.17, 15) is 20.2 Å². The molecule has 0 aliphatic carbocycles. The number of nitro groups is 1. The van der Waals surface area contributed by atoms with Gasteiger partial charge in [0.25, 0.3) is 11.6 Å². The van der Waals surface area contributed by atoms with Crippen LogP contribution in [0.15, 0.2) is 75.2 Å². The van der Waals surface area contributed by atoms with Gasteiger partial charge >= 0.3 is 0 Å². The molecule has 0 aromatic heterocycles. The summed E-state index contributed by atoms with van der Waals surface area (Å²) in [5.74, 6) is -0.280. The average molecular weight is 592 g/mol. The Kier molecular flexibility index (Phi) is 8.22. The Labute approximate surface area is 211 Å². The number of nitrogens with one attached hydrogen (secondary N) is 1. The first-order chi connectivity index (χ1) is 15.8. The summed E-state index contributed by atoms with van der Waals surface area (Å²) in [6.07, 6.45) is 1.36. The van der Waals surface area contributed by atoms with Gasteiger partial charge < -0.3 is 10.1 Å². The maximum Gasteiger partial charge on any atom is 0.271 e. The fourth-order valence-corrected chi connectivity index (χ4v) is 4.00. The second-order valence-electron chi connectivity index (χ2n) is 6.66. The molecule has 166 valence electrons. The van der Waals surface area contributed by atoms with Gasteiger partial charge in [-0.2, -0.15) is 5.26 Å². The zero-order chi connectivity index (χ0) is 24.0. The van der Waals surface area contributed by atoms with Crippen molar-refractivity contribution >= 4 is 66.8 Å². The lowest BCUT2D eigenvalue weighted by Crippen LogP contribution is -2.13. The Morgan fingerprint density at radius 2 is 1.91 bits per heavy atom. The van der Waals surface area contributed by atoms with Crippen molar-refractivity contribution in [3.05, 3.63) is 101 Å². The first-order valence-corrected chi connectivity index (χ1v) is 11.3. The van der Waals surface area contributed by atoms with E-state index in [1.165, 1.54) is 30.3 Å². The Morgan fingerprint density at radius 1 is 1.18 bits per heavy atom. The van der Waals surface area contributed by atoms with Crippen LogP contribution in [-0.4, -0.2) is 10.8 Å². The van der Waals surface area contributed by atoms with Gasteiger partial charge in [-0.1, -0.05) is 45.7 Å². The summed E-state index contributed by atoms with van der Waals surface area (Å²) >= 11 is 13.2. The van der Waals surface area contributed by atoms with Gasteiger partial charge in [0.2, 0.25) is 0 Å². The average Bonchev–Trinajstić information content (AvgIpc) is 2.78. The fraction of sp³-hybridized carbons (Fsp3) is 0.0435. The molecule has 0 radical (unpaired) electrons. The van der Waals surface area contributed by atoms with Crippen molar-refractivity contribution in [2.24, 2.45) is 0 Å². The first-order valence-electron chi connectivity index (χ1n) is 9.30. The third-order valence-electron chi connectivity index (χ3n) is 4.31. The van der Waals surface area contributed by atoms with Crippen molar-refractivity contribution < 1.29 is 14.5 Å². The number of carbonyl (C=O) groups excluding carboxylic acids is 1. The first kappa shape index (κ1) is 24.5. The van der Waals surface area contributed by atoms with Crippen LogP contribution in [0.3, 0.4) is 0 Å². The summed E-state index contributed by atoms with van der Waals surface area (Å²) in [6, 6.07) is 18.2. The minimum absolute atomic E-state index is 0.176. The molecular weight excluding hydrogens is 578 g/mol. The molecule has 0 unspecified atom stereocenters. The number of rotatable bonds is 7. The molecule has 3 aromatic rings. The molecule has 3 rings (SSSR count). The number of nitrogens with zero attached hydrogens (tertiary/aromatic N) is 2. The highest BCUT2D eigenvalue weighted by Gasteiger charge is 2.14. The number of non-ortho nitro benzene ring substituents is 1. The van der Waals surface area contributed by atoms with Gasteiger partial charge in [-0.05, 0) is 63.5 Å². The number of hydrogen-bond acceptors (Lipinski definition) is 5. The lowest BCUT2D eigenvalue weighted by Gasteiger charge is -2.11. The van der Waals surface area contributed by atoms with Crippen molar-refractivity contribution in [2.45, 2.75) is 6.61 Å². The number of ether oxygens (including phenoxy) is 1. The highest BCUT2D eigenvalue weighted by molar-refractivity contribution is 9.10. The van der Waals surface area contributed by atoms with Crippen LogP contribution >= 0.6 is 43.5 Å². The summed E-state index contributed by atoms with van der Waals surface area (Å²) in [5.41, 5.74) is 1.27. The number of halogens is 3. The molecule has 0 heterocycles. The molecule has 1 amide bonds. The maximum atomic E-state index is 12.5. The van der Waals surface area contributed by atoms with Gasteiger partial charge in [0.15, 0.2) is 5.75 Å². The molecule has 0 spiro atoms. The van der Waals surface area contributed by atoms with E-state index in [1.807, 2.05) is 30.3 Å². The number of carbonyl (C=O) groups is 1. The van der Waals surface area contributed by atoms with Crippen LogP contribution in [0.25, 0.3) is 6.08 Å². The van der Waals surface area contributed by atoms with Gasteiger partial charge in [-0.25, -0.2) is 0 Å². The number of hydrogen-bond donors (Lipinski definition) is 1. The van der Waals surface area contributed by atoms with Crippen molar-refractivity contribution in [3.8, 4) is 11.8 Å². The van der Waals surface area contributed by atoms with Crippen molar-refractivity contribution in [1.29, 1.82) is 5.26 Å². The van der Waals surface area contributed by atoms with E-state index < -0.39 is 10.8 Å². The summed E-state index contributed by atoms with van der Waals surface area (Å²) in [5, 5.41) is 23.1. The molecule has 10 heteroatoms. The van der Waals surface area contributed by atoms with E-state index in [1.54, 1.807) is 12.1 Å². The van der Waals surface area contributed by atoms with E-state index in [0.717, 1.165) is 10.0 Å². The van der Waals surface area contributed by atoms with Crippen LogP contribution in [0.1, 0.15) is 11.1 Å². The minimum atomic E-state index is -0.708. The molecule has 0 aliphatic rings. The number of anilines is 1. The van der Waals surface area contributed by atoms with Crippen molar-refractivity contribution in [3.63, 3.8) is 0 Å². The third kappa shape index (κ3) is 6.65. The summed E-state index contributed by atoms with van der Waals surface area (Å²) in [4.78, 5) is 22.8. The minimum Gasteiger partial charge on any atom is -0.486 e. The van der Waals surface area contributed by atoms with E-state index in [4.69, 9.17) is 16.3 Å². The van der Waals surface area contributed by atoms with Crippen LogP contribution in [-0.2, 0) is 11.4 Å².